The minimum atomic E-state index is -0.243. The van der Waals surface area contributed by atoms with Crippen molar-refractivity contribution in [3.8, 4) is 5.82 Å². The van der Waals surface area contributed by atoms with Crippen LogP contribution in [0.25, 0.3) is 5.82 Å². The normalized spacial score (nSPS) is 12.4. The Morgan fingerprint density at radius 2 is 2.24 bits per heavy atom. The molecule has 0 aliphatic rings. The maximum atomic E-state index is 12.1. The maximum Gasteiger partial charge on any atom is 0.253 e. The molecule has 0 spiro atoms. The highest BCUT2D eigenvalue weighted by Crippen LogP contribution is 2.07. The van der Waals surface area contributed by atoms with Crippen LogP contribution in [0.15, 0.2) is 31.0 Å². The SMILES string of the molecule is CC(C)CC(CO)NC(=O)c1ccc(-n2cncn2)nc1. The van der Waals surface area contributed by atoms with Gasteiger partial charge in [0.2, 0.25) is 0 Å². The fourth-order valence-electron chi connectivity index (χ4n) is 2.00. The number of aromatic nitrogens is 4. The third-order valence-electron chi connectivity index (χ3n) is 2.98. The molecule has 0 aliphatic carbocycles. The molecule has 112 valence electrons. The van der Waals surface area contributed by atoms with E-state index in [1.165, 1.54) is 23.5 Å². The average molecular weight is 289 g/mol. The molecule has 0 aromatic carbocycles. The lowest BCUT2D eigenvalue weighted by Gasteiger charge is -2.18. The van der Waals surface area contributed by atoms with Crippen LogP contribution >= 0.6 is 0 Å². The second-order valence-electron chi connectivity index (χ2n) is 5.23. The molecule has 1 atom stereocenters. The summed E-state index contributed by atoms with van der Waals surface area (Å²) in [5.41, 5.74) is 0.445. The first-order chi connectivity index (χ1) is 10.1. The van der Waals surface area contributed by atoms with E-state index < -0.39 is 0 Å². The standard InChI is InChI=1S/C14H19N5O2/c1-10(2)5-12(7-20)18-14(21)11-3-4-13(16-6-11)19-9-15-8-17-19/h3-4,6,8-10,12,20H,5,7H2,1-2H3,(H,18,21). The summed E-state index contributed by atoms with van der Waals surface area (Å²) in [6.45, 7) is 4.01. The van der Waals surface area contributed by atoms with Crippen molar-refractivity contribution in [2.24, 2.45) is 5.92 Å². The molecule has 2 rings (SSSR count). The summed E-state index contributed by atoms with van der Waals surface area (Å²) in [4.78, 5) is 20.1. The van der Waals surface area contributed by atoms with Gasteiger partial charge in [-0.15, -0.1) is 0 Å². The number of amides is 1. The average Bonchev–Trinajstić information content (AvgIpc) is 3.00. The molecule has 2 aromatic rings. The Hall–Kier alpha value is -2.28. The Morgan fingerprint density at radius 3 is 2.76 bits per heavy atom. The number of hydrogen-bond donors (Lipinski definition) is 2. The first-order valence-corrected chi connectivity index (χ1v) is 6.83. The van der Waals surface area contributed by atoms with E-state index in [9.17, 15) is 9.90 Å². The van der Waals surface area contributed by atoms with Crippen LogP contribution in [0.2, 0.25) is 0 Å². The zero-order valence-corrected chi connectivity index (χ0v) is 12.1. The highest BCUT2D eigenvalue weighted by molar-refractivity contribution is 5.94. The number of rotatable bonds is 6. The molecule has 0 aliphatic heterocycles. The Kier molecular flexibility index (Phi) is 4.99. The Morgan fingerprint density at radius 1 is 1.43 bits per heavy atom. The summed E-state index contributed by atoms with van der Waals surface area (Å²) in [6, 6.07) is 3.12. The highest BCUT2D eigenvalue weighted by atomic mass is 16.3. The van der Waals surface area contributed by atoms with E-state index in [-0.39, 0.29) is 18.6 Å². The van der Waals surface area contributed by atoms with Gasteiger partial charge >= 0.3 is 0 Å². The van der Waals surface area contributed by atoms with Crippen LogP contribution in [0.3, 0.4) is 0 Å². The number of nitrogens with one attached hydrogen (secondary N) is 1. The van der Waals surface area contributed by atoms with E-state index in [0.29, 0.717) is 17.3 Å². The third kappa shape index (κ3) is 4.09. The minimum Gasteiger partial charge on any atom is -0.394 e. The number of nitrogens with zero attached hydrogens (tertiary/aromatic N) is 4. The summed E-state index contributed by atoms with van der Waals surface area (Å²) < 4.78 is 1.51. The molecule has 7 heteroatoms. The summed E-state index contributed by atoms with van der Waals surface area (Å²) in [6.07, 6.45) is 5.16. The minimum absolute atomic E-state index is 0.0750. The summed E-state index contributed by atoms with van der Waals surface area (Å²) in [5, 5.41) is 16.1. The van der Waals surface area contributed by atoms with Crippen molar-refractivity contribution in [3.05, 3.63) is 36.5 Å². The molecule has 1 unspecified atom stereocenters. The Bertz CT molecular complexity index is 566. The summed E-state index contributed by atoms with van der Waals surface area (Å²) >= 11 is 0. The van der Waals surface area contributed by atoms with E-state index in [2.05, 4.69) is 20.4 Å². The van der Waals surface area contributed by atoms with Crippen molar-refractivity contribution in [2.45, 2.75) is 26.3 Å². The molecule has 2 aromatic heterocycles. The van der Waals surface area contributed by atoms with E-state index >= 15 is 0 Å². The molecule has 0 radical (unpaired) electrons. The van der Waals surface area contributed by atoms with Crippen LogP contribution in [0.5, 0.6) is 0 Å². The van der Waals surface area contributed by atoms with Crippen molar-refractivity contribution < 1.29 is 9.90 Å². The summed E-state index contributed by atoms with van der Waals surface area (Å²) in [7, 11) is 0. The van der Waals surface area contributed by atoms with Gasteiger partial charge in [0.05, 0.1) is 18.2 Å². The van der Waals surface area contributed by atoms with Gasteiger partial charge in [-0.05, 0) is 24.5 Å². The van der Waals surface area contributed by atoms with Gasteiger partial charge in [-0.2, -0.15) is 5.10 Å². The van der Waals surface area contributed by atoms with Crippen molar-refractivity contribution in [3.63, 3.8) is 0 Å². The molecule has 7 nitrogen and oxygen atoms in total. The maximum absolute atomic E-state index is 12.1. The molecule has 2 heterocycles. The molecule has 21 heavy (non-hydrogen) atoms. The van der Waals surface area contributed by atoms with E-state index in [1.54, 1.807) is 12.1 Å². The molecular weight excluding hydrogens is 270 g/mol. The molecule has 1 amide bonds. The van der Waals surface area contributed by atoms with Gasteiger partial charge in [0.15, 0.2) is 5.82 Å². The lowest BCUT2D eigenvalue weighted by Crippen LogP contribution is -2.38. The van der Waals surface area contributed by atoms with Gasteiger partial charge in [-0.25, -0.2) is 14.6 Å². The van der Waals surface area contributed by atoms with Crippen molar-refractivity contribution in [1.82, 2.24) is 25.1 Å². The second kappa shape index (κ2) is 6.94. The zero-order valence-electron chi connectivity index (χ0n) is 12.1. The number of aliphatic hydroxyl groups excluding tert-OH is 1. The Labute approximate surface area is 123 Å². The Balaban J connectivity index is 2.02. The quantitative estimate of drug-likeness (QED) is 0.820. The van der Waals surface area contributed by atoms with Gasteiger partial charge < -0.3 is 10.4 Å². The predicted octanol–water partition coefficient (Wildman–Crippen LogP) is 0.799. The van der Waals surface area contributed by atoms with Crippen LogP contribution in [0, 0.1) is 5.92 Å². The van der Waals surface area contributed by atoms with E-state index in [0.717, 1.165) is 6.42 Å². The number of carbonyl (C=O) groups excluding carboxylic acids is 1. The van der Waals surface area contributed by atoms with Gasteiger partial charge in [-0.3, -0.25) is 4.79 Å². The molecule has 0 saturated carbocycles. The first-order valence-electron chi connectivity index (χ1n) is 6.83. The fraction of sp³-hybridized carbons (Fsp3) is 0.429. The number of pyridine rings is 1. The molecule has 0 fully saturated rings. The highest BCUT2D eigenvalue weighted by Gasteiger charge is 2.14. The van der Waals surface area contributed by atoms with Crippen LogP contribution < -0.4 is 5.32 Å². The number of carbonyl (C=O) groups is 1. The number of aliphatic hydroxyl groups is 1. The van der Waals surface area contributed by atoms with Crippen LogP contribution in [0.1, 0.15) is 30.6 Å². The first kappa shape index (κ1) is 15.1. The molecule has 0 saturated heterocycles. The monoisotopic (exact) mass is 289 g/mol. The lowest BCUT2D eigenvalue weighted by atomic mass is 10.0. The van der Waals surface area contributed by atoms with E-state index in [4.69, 9.17) is 0 Å². The summed E-state index contributed by atoms with van der Waals surface area (Å²) in [5.74, 6) is 0.743. The third-order valence-corrected chi connectivity index (χ3v) is 2.98. The largest absolute Gasteiger partial charge is 0.394 e. The fourth-order valence-corrected chi connectivity index (χ4v) is 2.00. The second-order valence-corrected chi connectivity index (χ2v) is 5.23. The predicted molar refractivity (Wildman–Crippen MR) is 76.9 cm³/mol. The topological polar surface area (TPSA) is 92.9 Å². The lowest BCUT2D eigenvalue weighted by molar-refractivity contribution is 0.0908. The van der Waals surface area contributed by atoms with Gasteiger partial charge in [0.25, 0.3) is 5.91 Å². The molecule has 2 N–H and O–H groups in total. The van der Waals surface area contributed by atoms with Crippen molar-refractivity contribution in [2.75, 3.05) is 6.61 Å². The van der Waals surface area contributed by atoms with Crippen LogP contribution in [0.4, 0.5) is 0 Å². The van der Waals surface area contributed by atoms with E-state index in [1.807, 2.05) is 13.8 Å². The number of hydrogen-bond acceptors (Lipinski definition) is 5. The van der Waals surface area contributed by atoms with Gasteiger partial charge in [0, 0.05) is 6.20 Å². The van der Waals surface area contributed by atoms with Crippen molar-refractivity contribution in [1.29, 1.82) is 0 Å². The zero-order chi connectivity index (χ0) is 15.2. The smallest absolute Gasteiger partial charge is 0.253 e. The van der Waals surface area contributed by atoms with Crippen LogP contribution in [-0.4, -0.2) is 43.4 Å². The van der Waals surface area contributed by atoms with Crippen molar-refractivity contribution >= 4 is 5.91 Å². The van der Waals surface area contributed by atoms with Crippen LogP contribution in [-0.2, 0) is 0 Å². The van der Waals surface area contributed by atoms with Gasteiger partial charge in [-0.1, -0.05) is 13.8 Å². The van der Waals surface area contributed by atoms with Gasteiger partial charge in [0.1, 0.15) is 12.7 Å². The molecule has 0 bridgehead atoms. The molecular formula is C14H19N5O2.